The molecule has 1 heterocycles. The molecule has 0 N–H and O–H groups in total. The maximum absolute atomic E-state index is 8.97. The Hall–Kier alpha value is -2.08. The van der Waals surface area contributed by atoms with Crippen LogP contribution < -0.4 is 0 Å². The maximum Gasteiger partial charge on any atom is 0.140 e. The van der Waals surface area contributed by atoms with Crippen LogP contribution in [-0.2, 0) is 12.8 Å². The van der Waals surface area contributed by atoms with E-state index in [1.165, 1.54) is 11.1 Å². The predicted octanol–water partition coefficient (Wildman–Crippen LogP) is 2.09. The highest BCUT2D eigenvalue weighted by atomic mass is 15.1. The van der Waals surface area contributed by atoms with Crippen LogP contribution in [0, 0.1) is 11.3 Å². The summed E-state index contributed by atoms with van der Waals surface area (Å²) in [5.74, 6) is 0. The van der Waals surface area contributed by atoms with E-state index >= 15 is 0 Å². The molecule has 2 aromatic rings. The van der Waals surface area contributed by atoms with Crippen LogP contribution >= 0.6 is 0 Å². The van der Waals surface area contributed by atoms with Crippen LogP contribution in [0.2, 0.25) is 0 Å². The first kappa shape index (κ1) is 9.17. The summed E-state index contributed by atoms with van der Waals surface area (Å²) in [5, 5.41) is 8.97. The molecule has 1 aliphatic carbocycles. The molecule has 0 radical (unpaired) electrons. The number of aromatic nitrogens is 2. The summed E-state index contributed by atoms with van der Waals surface area (Å²) in [4.78, 5) is 4.04. The molecule has 1 aromatic heterocycles. The Morgan fingerprint density at radius 2 is 1.94 bits per heavy atom. The Bertz CT molecular complexity index is 538. The average Bonchev–Trinajstić information content (AvgIpc) is 2.94. The van der Waals surface area contributed by atoms with Crippen molar-refractivity contribution in [3.8, 4) is 6.07 Å². The van der Waals surface area contributed by atoms with E-state index in [1.54, 1.807) is 12.5 Å². The van der Waals surface area contributed by atoms with Crippen molar-refractivity contribution < 1.29 is 0 Å². The van der Waals surface area contributed by atoms with E-state index in [9.17, 15) is 0 Å². The van der Waals surface area contributed by atoms with Gasteiger partial charge in [-0.2, -0.15) is 5.26 Å². The van der Waals surface area contributed by atoms with Crippen LogP contribution in [0.5, 0.6) is 0 Å². The van der Waals surface area contributed by atoms with Gasteiger partial charge in [-0.1, -0.05) is 24.3 Å². The Morgan fingerprint density at radius 1 is 1.25 bits per heavy atom. The highest BCUT2D eigenvalue weighted by Gasteiger charge is 2.23. The monoisotopic (exact) mass is 209 g/mol. The molecule has 0 atom stereocenters. The van der Waals surface area contributed by atoms with Gasteiger partial charge in [0, 0.05) is 6.04 Å². The smallest absolute Gasteiger partial charge is 0.140 e. The van der Waals surface area contributed by atoms with Gasteiger partial charge in [-0.15, -0.1) is 0 Å². The maximum atomic E-state index is 8.97. The van der Waals surface area contributed by atoms with E-state index in [0.717, 1.165) is 12.8 Å². The third-order valence-corrected chi connectivity index (χ3v) is 3.20. The largest absolute Gasteiger partial charge is 0.319 e. The van der Waals surface area contributed by atoms with E-state index < -0.39 is 0 Å². The molecule has 16 heavy (non-hydrogen) atoms. The SMILES string of the molecule is N#Cc1cncn1C1Cc2ccccc2C1. The Labute approximate surface area is 94.0 Å². The van der Waals surface area contributed by atoms with Gasteiger partial charge in [-0.25, -0.2) is 4.98 Å². The van der Waals surface area contributed by atoms with Crippen LogP contribution in [0.25, 0.3) is 0 Å². The van der Waals surface area contributed by atoms with E-state index in [-0.39, 0.29) is 0 Å². The van der Waals surface area contributed by atoms with Gasteiger partial charge >= 0.3 is 0 Å². The molecular weight excluding hydrogens is 198 g/mol. The summed E-state index contributed by atoms with van der Waals surface area (Å²) in [6.07, 6.45) is 5.39. The van der Waals surface area contributed by atoms with Gasteiger partial charge < -0.3 is 4.57 Å². The molecule has 0 spiro atoms. The van der Waals surface area contributed by atoms with Gasteiger partial charge in [0.1, 0.15) is 11.8 Å². The number of nitriles is 1. The summed E-state index contributed by atoms with van der Waals surface area (Å²) in [6.45, 7) is 0. The first-order valence-corrected chi connectivity index (χ1v) is 5.37. The van der Waals surface area contributed by atoms with Crippen molar-refractivity contribution in [1.29, 1.82) is 5.26 Å². The summed E-state index contributed by atoms with van der Waals surface area (Å²) in [7, 11) is 0. The van der Waals surface area contributed by atoms with E-state index in [2.05, 4.69) is 35.3 Å². The summed E-state index contributed by atoms with van der Waals surface area (Å²) >= 11 is 0. The second kappa shape index (κ2) is 3.49. The minimum atomic E-state index is 0.356. The third-order valence-electron chi connectivity index (χ3n) is 3.20. The molecule has 1 aliphatic rings. The highest BCUT2D eigenvalue weighted by molar-refractivity contribution is 5.33. The fourth-order valence-corrected chi connectivity index (χ4v) is 2.41. The Balaban J connectivity index is 1.95. The number of rotatable bonds is 1. The fraction of sp³-hybridized carbons (Fsp3) is 0.231. The zero-order chi connectivity index (χ0) is 11.0. The van der Waals surface area contributed by atoms with Gasteiger partial charge in [-0.05, 0) is 24.0 Å². The molecule has 3 rings (SSSR count). The minimum absolute atomic E-state index is 0.356. The van der Waals surface area contributed by atoms with Crippen LogP contribution in [0.1, 0.15) is 22.9 Å². The molecule has 3 heteroatoms. The number of fused-ring (bicyclic) bond motifs is 1. The van der Waals surface area contributed by atoms with Crippen LogP contribution in [0.15, 0.2) is 36.8 Å². The molecule has 0 saturated carbocycles. The number of hydrogen-bond acceptors (Lipinski definition) is 2. The van der Waals surface area contributed by atoms with Crippen molar-refractivity contribution >= 4 is 0 Å². The van der Waals surface area contributed by atoms with Crippen molar-refractivity contribution in [3.63, 3.8) is 0 Å². The molecule has 3 nitrogen and oxygen atoms in total. The van der Waals surface area contributed by atoms with E-state index in [0.29, 0.717) is 11.7 Å². The number of hydrogen-bond donors (Lipinski definition) is 0. The second-order valence-electron chi connectivity index (χ2n) is 4.13. The minimum Gasteiger partial charge on any atom is -0.319 e. The molecule has 0 saturated heterocycles. The highest BCUT2D eigenvalue weighted by Crippen LogP contribution is 2.30. The van der Waals surface area contributed by atoms with Crippen LogP contribution in [0.3, 0.4) is 0 Å². The molecular formula is C13H11N3. The quantitative estimate of drug-likeness (QED) is 0.721. The van der Waals surface area contributed by atoms with Crippen LogP contribution in [-0.4, -0.2) is 9.55 Å². The fourth-order valence-electron chi connectivity index (χ4n) is 2.41. The van der Waals surface area contributed by atoms with Crippen molar-refractivity contribution in [3.05, 3.63) is 53.6 Å². The normalized spacial score (nSPS) is 14.7. The van der Waals surface area contributed by atoms with Gasteiger partial charge in [-0.3, -0.25) is 0 Å². The van der Waals surface area contributed by atoms with Crippen molar-refractivity contribution in [2.75, 3.05) is 0 Å². The number of imidazole rings is 1. The average molecular weight is 209 g/mol. The van der Waals surface area contributed by atoms with Crippen molar-refractivity contribution in [1.82, 2.24) is 9.55 Å². The summed E-state index contributed by atoms with van der Waals surface area (Å²) in [6, 6.07) is 11.0. The van der Waals surface area contributed by atoms with Crippen LogP contribution in [0.4, 0.5) is 0 Å². The lowest BCUT2D eigenvalue weighted by atomic mass is 10.1. The lowest BCUT2D eigenvalue weighted by molar-refractivity contribution is 0.524. The van der Waals surface area contributed by atoms with Gasteiger partial charge in [0.2, 0.25) is 0 Å². The molecule has 0 fully saturated rings. The van der Waals surface area contributed by atoms with E-state index in [4.69, 9.17) is 5.26 Å². The lowest BCUT2D eigenvalue weighted by Gasteiger charge is -2.11. The summed E-state index contributed by atoms with van der Waals surface area (Å²) in [5.41, 5.74) is 3.44. The van der Waals surface area contributed by atoms with Gasteiger partial charge in [0.15, 0.2) is 0 Å². The topological polar surface area (TPSA) is 41.6 Å². The Kier molecular flexibility index (Phi) is 2.00. The summed E-state index contributed by atoms with van der Waals surface area (Å²) < 4.78 is 1.99. The molecule has 0 bridgehead atoms. The third kappa shape index (κ3) is 1.31. The molecule has 0 unspecified atom stereocenters. The first-order valence-electron chi connectivity index (χ1n) is 5.37. The van der Waals surface area contributed by atoms with Gasteiger partial charge in [0.05, 0.1) is 12.5 Å². The lowest BCUT2D eigenvalue weighted by Crippen LogP contribution is -2.09. The molecule has 78 valence electrons. The first-order chi connectivity index (χ1) is 7.88. The standard InChI is InChI=1S/C13H11N3/c14-7-13-8-15-9-16(13)12-5-10-3-1-2-4-11(10)6-12/h1-4,8-9,12H,5-6H2. The number of nitrogens with zero attached hydrogens (tertiary/aromatic N) is 3. The van der Waals surface area contributed by atoms with Crippen molar-refractivity contribution in [2.45, 2.75) is 18.9 Å². The predicted molar refractivity (Wildman–Crippen MR) is 59.8 cm³/mol. The molecule has 0 amide bonds. The van der Waals surface area contributed by atoms with Crippen molar-refractivity contribution in [2.24, 2.45) is 0 Å². The van der Waals surface area contributed by atoms with E-state index in [1.807, 2.05) is 4.57 Å². The van der Waals surface area contributed by atoms with Gasteiger partial charge in [0.25, 0.3) is 0 Å². The zero-order valence-corrected chi connectivity index (χ0v) is 8.80. The number of benzene rings is 1. The second-order valence-corrected chi connectivity index (χ2v) is 4.13. The molecule has 1 aromatic carbocycles. The molecule has 0 aliphatic heterocycles. The Morgan fingerprint density at radius 3 is 2.56 bits per heavy atom. The zero-order valence-electron chi connectivity index (χ0n) is 8.80.